The first-order valence-electron chi connectivity index (χ1n) is 5.78. The molecule has 0 aliphatic carbocycles. The third-order valence-electron chi connectivity index (χ3n) is 2.64. The molecule has 0 aliphatic heterocycles. The molecule has 0 aliphatic rings. The summed E-state index contributed by atoms with van der Waals surface area (Å²) in [5, 5.41) is 8.84. The second-order valence-electron chi connectivity index (χ2n) is 4.09. The normalized spacial score (nSPS) is 10.8. The van der Waals surface area contributed by atoms with Crippen LogP contribution in [0, 0.1) is 6.92 Å². The molecule has 0 radical (unpaired) electrons. The van der Waals surface area contributed by atoms with Gasteiger partial charge in [0.2, 0.25) is 0 Å². The lowest BCUT2D eigenvalue weighted by atomic mass is 10.2. The summed E-state index contributed by atoms with van der Waals surface area (Å²) in [6.07, 6.45) is 0. The molecular formula is C13H11N3O2S. The molecule has 2 heterocycles. The van der Waals surface area contributed by atoms with Crippen LogP contribution in [-0.4, -0.2) is 14.9 Å². The van der Waals surface area contributed by atoms with Crippen molar-refractivity contribution in [3.8, 4) is 11.3 Å². The summed E-state index contributed by atoms with van der Waals surface area (Å²) >= 11 is 1.13. The standard InChI is InChI=1S/C13H11N3O2S/c1-9-14-16(13(17)19-9)8-11-7-12(18-15-11)10-5-3-2-4-6-10/h2-7H,8H2,1H3. The van der Waals surface area contributed by atoms with Gasteiger partial charge in [-0.05, 0) is 6.92 Å². The van der Waals surface area contributed by atoms with E-state index in [-0.39, 0.29) is 4.87 Å². The highest BCUT2D eigenvalue weighted by Crippen LogP contribution is 2.19. The zero-order chi connectivity index (χ0) is 13.2. The highest BCUT2D eigenvalue weighted by molar-refractivity contribution is 7.08. The smallest absolute Gasteiger partial charge is 0.325 e. The van der Waals surface area contributed by atoms with Crippen molar-refractivity contribution in [3.05, 3.63) is 56.8 Å². The lowest BCUT2D eigenvalue weighted by Gasteiger charge is -1.93. The van der Waals surface area contributed by atoms with Gasteiger partial charge in [0.15, 0.2) is 5.76 Å². The molecule has 2 aromatic heterocycles. The van der Waals surface area contributed by atoms with Crippen LogP contribution in [0.25, 0.3) is 11.3 Å². The molecule has 0 bridgehead atoms. The molecule has 3 rings (SSSR count). The van der Waals surface area contributed by atoms with Crippen molar-refractivity contribution in [2.75, 3.05) is 0 Å². The number of aryl methyl sites for hydroxylation is 1. The Balaban J connectivity index is 1.86. The molecule has 0 atom stereocenters. The highest BCUT2D eigenvalue weighted by Gasteiger charge is 2.09. The Morgan fingerprint density at radius 2 is 2.11 bits per heavy atom. The molecule has 0 saturated heterocycles. The molecule has 96 valence electrons. The number of hydrogen-bond donors (Lipinski definition) is 0. The summed E-state index contributed by atoms with van der Waals surface area (Å²) in [6, 6.07) is 11.5. The van der Waals surface area contributed by atoms with Crippen LogP contribution >= 0.6 is 11.3 Å². The number of benzene rings is 1. The average molecular weight is 273 g/mol. The Morgan fingerprint density at radius 3 is 2.79 bits per heavy atom. The first-order chi connectivity index (χ1) is 9.22. The Kier molecular flexibility index (Phi) is 3.00. The van der Waals surface area contributed by atoms with Crippen LogP contribution < -0.4 is 4.87 Å². The predicted octanol–water partition coefficient (Wildman–Crippen LogP) is 2.32. The third kappa shape index (κ3) is 2.48. The Bertz CT molecular complexity index is 743. The number of rotatable bonds is 3. The number of aromatic nitrogens is 3. The maximum Gasteiger partial charge on any atom is 0.325 e. The minimum atomic E-state index is -0.0817. The second-order valence-corrected chi connectivity index (χ2v) is 5.24. The molecule has 0 amide bonds. The van der Waals surface area contributed by atoms with Crippen LogP contribution in [0.3, 0.4) is 0 Å². The first-order valence-corrected chi connectivity index (χ1v) is 6.59. The monoisotopic (exact) mass is 273 g/mol. The molecule has 0 N–H and O–H groups in total. The molecule has 6 heteroatoms. The fourth-order valence-corrected chi connectivity index (χ4v) is 2.39. The van der Waals surface area contributed by atoms with E-state index in [1.165, 1.54) is 4.68 Å². The molecule has 0 saturated carbocycles. The van der Waals surface area contributed by atoms with E-state index in [2.05, 4.69) is 10.3 Å². The average Bonchev–Trinajstić information content (AvgIpc) is 2.99. The van der Waals surface area contributed by atoms with Gasteiger partial charge < -0.3 is 4.52 Å². The summed E-state index contributed by atoms with van der Waals surface area (Å²) in [4.78, 5) is 11.5. The first kappa shape index (κ1) is 11.9. The van der Waals surface area contributed by atoms with Crippen molar-refractivity contribution < 1.29 is 4.52 Å². The van der Waals surface area contributed by atoms with Gasteiger partial charge in [-0.1, -0.05) is 46.8 Å². The highest BCUT2D eigenvalue weighted by atomic mass is 32.1. The lowest BCUT2D eigenvalue weighted by Crippen LogP contribution is -2.15. The van der Waals surface area contributed by atoms with Crippen molar-refractivity contribution in [1.82, 2.24) is 14.9 Å². The molecular weight excluding hydrogens is 262 g/mol. The maximum absolute atomic E-state index is 11.6. The molecule has 0 unspecified atom stereocenters. The minimum Gasteiger partial charge on any atom is -0.356 e. The topological polar surface area (TPSA) is 60.9 Å². The number of hydrogen-bond acceptors (Lipinski definition) is 5. The van der Waals surface area contributed by atoms with Crippen LogP contribution in [-0.2, 0) is 6.54 Å². The summed E-state index contributed by atoms with van der Waals surface area (Å²) in [7, 11) is 0. The van der Waals surface area contributed by atoms with E-state index in [0.29, 0.717) is 18.0 Å². The zero-order valence-electron chi connectivity index (χ0n) is 10.2. The third-order valence-corrected chi connectivity index (χ3v) is 3.40. The predicted molar refractivity (Wildman–Crippen MR) is 72.2 cm³/mol. The lowest BCUT2D eigenvalue weighted by molar-refractivity contribution is 0.419. The zero-order valence-corrected chi connectivity index (χ0v) is 11.1. The fraction of sp³-hybridized carbons (Fsp3) is 0.154. The summed E-state index contributed by atoms with van der Waals surface area (Å²) in [6.45, 7) is 2.14. The van der Waals surface area contributed by atoms with Crippen LogP contribution in [0.5, 0.6) is 0 Å². The van der Waals surface area contributed by atoms with E-state index in [9.17, 15) is 4.79 Å². The van der Waals surface area contributed by atoms with Crippen LogP contribution in [0.4, 0.5) is 0 Å². The van der Waals surface area contributed by atoms with Gasteiger partial charge in [0.25, 0.3) is 0 Å². The van der Waals surface area contributed by atoms with Gasteiger partial charge in [0, 0.05) is 11.6 Å². The van der Waals surface area contributed by atoms with E-state index in [4.69, 9.17) is 4.52 Å². The molecule has 0 spiro atoms. The van der Waals surface area contributed by atoms with Gasteiger partial charge in [0.05, 0.1) is 6.54 Å². The van der Waals surface area contributed by atoms with Crippen LogP contribution in [0.15, 0.2) is 45.7 Å². The summed E-state index contributed by atoms with van der Waals surface area (Å²) in [5.74, 6) is 0.690. The van der Waals surface area contributed by atoms with Crippen LogP contribution in [0.2, 0.25) is 0 Å². The maximum atomic E-state index is 11.6. The minimum absolute atomic E-state index is 0.0817. The van der Waals surface area contributed by atoms with Gasteiger partial charge in [-0.15, -0.1) is 0 Å². The Hall–Kier alpha value is -2.21. The Morgan fingerprint density at radius 1 is 1.32 bits per heavy atom. The van der Waals surface area contributed by atoms with E-state index in [1.807, 2.05) is 36.4 Å². The molecule has 5 nitrogen and oxygen atoms in total. The van der Waals surface area contributed by atoms with E-state index < -0.39 is 0 Å². The van der Waals surface area contributed by atoms with Gasteiger partial charge in [0.1, 0.15) is 10.7 Å². The second kappa shape index (κ2) is 4.81. The van der Waals surface area contributed by atoms with Gasteiger partial charge in [-0.25, -0.2) is 4.68 Å². The van der Waals surface area contributed by atoms with E-state index >= 15 is 0 Å². The van der Waals surface area contributed by atoms with Crippen molar-refractivity contribution >= 4 is 11.3 Å². The van der Waals surface area contributed by atoms with Gasteiger partial charge in [-0.2, -0.15) is 5.10 Å². The van der Waals surface area contributed by atoms with Crippen molar-refractivity contribution in [3.63, 3.8) is 0 Å². The van der Waals surface area contributed by atoms with Gasteiger partial charge >= 0.3 is 4.87 Å². The van der Waals surface area contributed by atoms with Crippen molar-refractivity contribution in [2.24, 2.45) is 0 Å². The molecule has 3 aromatic rings. The SMILES string of the molecule is Cc1nn(Cc2cc(-c3ccccc3)on2)c(=O)s1. The molecule has 0 fully saturated rings. The fourth-order valence-electron chi connectivity index (χ4n) is 1.79. The van der Waals surface area contributed by atoms with E-state index in [1.54, 1.807) is 6.92 Å². The quantitative estimate of drug-likeness (QED) is 0.734. The molecule has 1 aromatic carbocycles. The van der Waals surface area contributed by atoms with Crippen LogP contribution in [0.1, 0.15) is 10.7 Å². The van der Waals surface area contributed by atoms with Crippen molar-refractivity contribution in [1.29, 1.82) is 0 Å². The van der Waals surface area contributed by atoms with Gasteiger partial charge in [-0.3, -0.25) is 4.79 Å². The molecule has 19 heavy (non-hydrogen) atoms. The van der Waals surface area contributed by atoms with Crippen molar-refractivity contribution in [2.45, 2.75) is 13.5 Å². The summed E-state index contributed by atoms with van der Waals surface area (Å²) in [5.41, 5.74) is 1.65. The Labute approximate surface area is 113 Å². The largest absolute Gasteiger partial charge is 0.356 e. The summed E-state index contributed by atoms with van der Waals surface area (Å²) < 4.78 is 6.68. The number of nitrogens with zero attached hydrogens (tertiary/aromatic N) is 3. The van der Waals surface area contributed by atoms with E-state index in [0.717, 1.165) is 21.9 Å².